The Balaban J connectivity index is 1.77. The van der Waals surface area contributed by atoms with Gasteiger partial charge < -0.3 is 10.6 Å². The highest BCUT2D eigenvalue weighted by Crippen LogP contribution is 2.29. The van der Waals surface area contributed by atoms with Crippen LogP contribution in [0.1, 0.15) is 66.3 Å². The molecule has 2 amide bonds. The minimum atomic E-state index is -0.197. The van der Waals surface area contributed by atoms with Crippen LogP contribution in [0.4, 0.5) is 5.69 Å². The summed E-state index contributed by atoms with van der Waals surface area (Å²) < 4.78 is 0. The van der Waals surface area contributed by atoms with Crippen LogP contribution in [0.3, 0.4) is 0 Å². The maximum absolute atomic E-state index is 12.7. The summed E-state index contributed by atoms with van der Waals surface area (Å²) in [5.41, 5.74) is 3.87. The molecule has 0 aliphatic heterocycles. The van der Waals surface area contributed by atoms with Crippen LogP contribution in [0, 0.1) is 5.92 Å². The van der Waals surface area contributed by atoms with Crippen molar-refractivity contribution in [2.45, 2.75) is 52.5 Å². The summed E-state index contributed by atoms with van der Waals surface area (Å²) in [6.45, 7) is 5.55. The fourth-order valence-corrected chi connectivity index (χ4v) is 4.37. The van der Waals surface area contributed by atoms with E-state index in [1.165, 1.54) is 35.8 Å². The van der Waals surface area contributed by atoms with Crippen LogP contribution < -0.4 is 10.6 Å². The monoisotopic (exact) mass is 371 g/mol. The lowest BCUT2D eigenvalue weighted by Gasteiger charge is -2.19. The third-order valence-electron chi connectivity index (χ3n) is 4.69. The standard InChI is InChI=1S/C20H25N3O2S/c1-12(2)18(21-13(3)24)20-23-17(11-26-20)19(25)22-16-10-6-8-14-7-4-5-9-15(14)16/h6,8,10-12,18H,4-5,7,9H2,1-3H3,(H,21,24)(H,22,25)/t18-/m1/s1. The van der Waals surface area contributed by atoms with Crippen molar-refractivity contribution in [3.63, 3.8) is 0 Å². The van der Waals surface area contributed by atoms with E-state index < -0.39 is 0 Å². The number of fused-ring (bicyclic) bond motifs is 1. The molecule has 0 radical (unpaired) electrons. The van der Waals surface area contributed by atoms with Gasteiger partial charge in [0.2, 0.25) is 5.91 Å². The van der Waals surface area contributed by atoms with Crippen LogP contribution in [0.5, 0.6) is 0 Å². The first-order valence-corrected chi connectivity index (χ1v) is 9.98. The number of aryl methyl sites for hydroxylation is 1. The molecule has 1 aliphatic rings. The van der Waals surface area contributed by atoms with E-state index >= 15 is 0 Å². The van der Waals surface area contributed by atoms with Gasteiger partial charge in [-0.25, -0.2) is 4.98 Å². The Morgan fingerprint density at radius 1 is 1.19 bits per heavy atom. The molecule has 1 atom stereocenters. The van der Waals surface area contributed by atoms with Gasteiger partial charge in [0.15, 0.2) is 0 Å². The van der Waals surface area contributed by atoms with Gasteiger partial charge in [-0.05, 0) is 48.8 Å². The normalized spacial score (nSPS) is 14.6. The molecule has 138 valence electrons. The molecule has 1 heterocycles. The van der Waals surface area contributed by atoms with Gasteiger partial charge in [-0.3, -0.25) is 9.59 Å². The van der Waals surface area contributed by atoms with Crippen LogP contribution >= 0.6 is 11.3 Å². The number of carbonyl (C=O) groups is 2. The predicted molar refractivity (Wildman–Crippen MR) is 105 cm³/mol. The average Bonchev–Trinajstić information content (AvgIpc) is 3.09. The number of hydrogen-bond acceptors (Lipinski definition) is 4. The number of anilines is 1. The summed E-state index contributed by atoms with van der Waals surface area (Å²) >= 11 is 1.41. The number of nitrogens with zero attached hydrogens (tertiary/aromatic N) is 1. The molecule has 3 rings (SSSR count). The predicted octanol–water partition coefficient (Wildman–Crippen LogP) is 4.11. The smallest absolute Gasteiger partial charge is 0.275 e. The molecule has 0 spiro atoms. The largest absolute Gasteiger partial charge is 0.347 e. The quantitative estimate of drug-likeness (QED) is 0.831. The zero-order chi connectivity index (χ0) is 18.7. The number of benzene rings is 1. The van der Waals surface area contributed by atoms with Gasteiger partial charge in [0.05, 0.1) is 6.04 Å². The van der Waals surface area contributed by atoms with E-state index in [4.69, 9.17) is 0 Å². The fraction of sp³-hybridized carbons (Fsp3) is 0.450. The minimum absolute atomic E-state index is 0.0965. The molecule has 1 aliphatic carbocycles. The average molecular weight is 372 g/mol. The number of rotatable bonds is 5. The molecule has 0 saturated carbocycles. The number of hydrogen-bond donors (Lipinski definition) is 2. The Hall–Kier alpha value is -2.21. The Kier molecular flexibility index (Phi) is 5.71. The van der Waals surface area contributed by atoms with Crippen molar-refractivity contribution in [2.75, 3.05) is 5.32 Å². The van der Waals surface area contributed by atoms with Gasteiger partial charge in [0, 0.05) is 18.0 Å². The molecule has 2 N–H and O–H groups in total. The van der Waals surface area contributed by atoms with Crippen molar-refractivity contribution in [1.29, 1.82) is 0 Å². The van der Waals surface area contributed by atoms with Crippen LogP contribution in [-0.4, -0.2) is 16.8 Å². The lowest BCUT2D eigenvalue weighted by molar-refractivity contribution is -0.120. The van der Waals surface area contributed by atoms with Crippen LogP contribution in [0.15, 0.2) is 23.6 Å². The lowest BCUT2D eigenvalue weighted by atomic mass is 9.90. The number of nitrogens with one attached hydrogen (secondary N) is 2. The molecule has 0 bridgehead atoms. The van der Waals surface area contributed by atoms with Gasteiger partial charge in [-0.2, -0.15) is 0 Å². The summed E-state index contributed by atoms with van der Waals surface area (Å²) in [7, 11) is 0. The highest BCUT2D eigenvalue weighted by molar-refractivity contribution is 7.10. The van der Waals surface area contributed by atoms with Gasteiger partial charge >= 0.3 is 0 Å². The zero-order valence-corrected chi connectivity index (χ0v) is 16.3. The second-order valence-electron chi connectivity index (χ2n) is 7.10. The highest BCUT2D eigenvalue weighted by atomic mass is 32.1. The summed E-state index contributed by atoms with van der Waals surface area (Å²) in [6.07, 6.45) is 4.45. The summed E-state index contributed by atoms with van der Waals surface area (Å²) in [4.78, 5) is 28.6. The number of carbonyl (C=O) groups excluding carboxylic acids is 2. The molecule has 2 aromatic rings. The van der Waals surface area contributed by atoms with E-state index in [0.29, 0.717) is 5.69 Å². The Morgan fingerprint density at radius 3 is 2.69 bits per heavy atom. The Bertz CT molecular complexity index is 813. The van der Waals surface area contributed by atoms with E-state index in [2.05, 4.69) is 21.7 Å². The summed E-state index contributed by atoms with van der Waals surface area (Å²) in [6, 6.07) is 5.93. The molecular formula is C20H25N3O2S. The van der Waals surface area contributed by atoms with Crippen molar-refractivity contribution in [3.05, 3.63) is 45.4 Å². The zero-order valence-electron chi connectivity index (χ0n) is 15.5. The molecule has 26 heavy (non-hydrogen) atoms. The molecule has 1 aromatic heterocycles. The van der Waals surface area contributed by atoms with Crippen molar-refractivity contribution >= 4 is 28.8 Å². The third-order valence-corrected chi connectivity index (χ3v) is 5.62. The SMILES string of the molecule is CC(=O)N[C@@H](c1nc(C(=O)Nc2cccc3c2CCCC3)cs1)C(C)C. The minimum Gasteiger partial charge on any atom is -0.347 e. The summed E-state index contributed by atoms with van der Waals surface area (Å²) in [5.74, 6) is -0.0975. The van der Waals surface area contributed by atoms with Crippen molar-refractivity contribution in [1.82, 2.24) is 10.3 Å². The topological polar surface area (TPSA) is 71.1 Å². The van der Waals surface area contributed by atoms with Gasteiger partial charge in [0.25, 0.3) is 5.91 Å². The van der Waals surface area contributed by atoms with Gasteiger partial charge in [-0.1, -0.05) is 26.0 Å². The molecular weight excluding hydrogens is 346 g/mol. The summed E-state index contributed by atoms with van der Waals surface area (Å²) in [5, 5.41) is 8.46. The first-order chi connectivity index (χ1) is 12.5. The van der Waals surface area contributed by atoms with Crippen molar-refractivity contribution in [2.24, 2.45) is 5.92 Å². The Labute approximate surface area is 158 Å². The van der Waals surface area contributed by atoms with Crippen molar-refractivity contribution in [3.8, 4) is 0 Å². The second-order valence-corrected chi connectivity index (χ2v) is 7.99. The molecule has 1 aromatic carbocycles. The molecule has 0 unspecified atom stereocenters. The van der Waals surface area contributed by atoms with Crippen LogP contribution in [-0.2, 0) is 17.6 Å². The maximum atomic E-state index is 12.7. The number of aromatic nitrogens is 1. The van der Waals surface area contributed by atoms with Gasteiger partial charge in [0.1, 0.15) is 10.7 Å². The van der Waals surface area contributed by atoms with E-state index in [-0.39, 0.29) is 23.8 Å². The maximum Gasteiger partial charge on any atom is 0.275 e. The third kappa shape index (κ3) is 4.12. The van der Waals surface area contributed by atoms with E-state index in [0.717, 1.165) is 30.0 Å². The van der Waals surface area contributed by atoms with Gasteiger partial charge in [-0.15, -0.1) is 11.3 Å². The van der Waals surface area contributed by atoms with E-state index in [1.807, 2.05) is 26.0 Å². The second kappa shape index (κ2) is 7.99. The van der Waals surface area contributed by atoms with Crippen LogP contribution in [0.2, 0.25) is 0 Å². The first-order valence-electron chi connectivity index (χ1n) is 9.10. The van der Waals surface area contributed by atoms with Crippen LogP contribution in [0.25, 0.3) is 0 Å². The number of amides is 2. The molecule has 5 nitrogen and oxygen atoms in total. The van der Waals surface area contributed by atoms with Crippen molar-refractivity contribution < 1.29 is 9.59 Å². The molecule has 6 heteroatoms. The fourth-order valence-electron chi connectivity index (χ4n) is 3.35. The molecule has 0 saturated heterocycles. The van der Waals surface area contributed by atoms with E-state index in [9.17, 15) is 9.59 Å². The first kappa shape index (κ1) is 18.6. The van der Waals surface area contributed by atoms with E-state index in [1.54, 1.807) is 5.38 Å². The Morgan fingerprint density at radius 2 is 1.96 bits per heavy atom. The molecule has 0 fully saturated rings. The number of thiazole rings is 1. The lowest BCUT2D eigenvalue weighted by Crippen LogP contribution is -2.29. The highest BCUT2D eigenvalue weighted by Gasteiger charge is 2.22.